The molecule has 9 heteroatoms. The van der Waals surface area contributed by atoms with E-state index in [9.17, 15) is 4.79 Å². The van der Waals surface area contributed by atoms with Crippen LogP contribution < -0.4 is 15.4 Å². The van der Waals surface area contributed by atoms with E-state index in [1.165, 1.54) is 6.20 Å². The molecule has 1 saturated heterocycles. The number of likely N-dealkylation sites (tertiary alicyclic amines) is 1. The first-order valence-electron chi connectivity index (χ1n) is 9.03. The van der Waals surface area contributed by atoms with Crippen molar-refractivity contribution in [3.63, 3.8) is 0 Å². The number of nitrogens with one attached hydrogen (secondary N) is 2. The van der Waals surface area contributed by atoms with Crippen LogP contribution in [0, 0.1) is 0 Å². The molecule has 1 aromatic heterocycles. The zero-order chi connectivity index (χ0) is 20.1. The highest BCUT2D eigenvalue weighted by Crippen LogP contribution is 2.29. The summed E-state index contributed by atoms with van der Waals surface area (Å²) in [6, 6.07) is 5.28. The first kappa shape index (κ1) is 20.2. The number of hydrogen-bond acceptors (Lipinski definition) is 7. The lowest BCUT2D eigenvalue weighted by atomic mass is 10.1. The van der Waals surface area contributed by atoms with E-state index in [2.05, 4.69) is 20.6 Å². The summed E-state index contributed by atoms with van der Waals surface area (Å²) >= 11 is 6.02. The fourth-order valence-corrected chi connectivity index (χ4v) is 3.31. The van der Waals surface area contributed by atoms with E-state index in [4.69, 9.17) is 21.1 Å². The van der Waals surface area contributed by atoms with E-state index in [-0.39, 0.29) is 12.0 Å². The highest BCUT2D eigenvalue weighted by atomic mass is 35.5. The number of nitrogens with zero attached hydrogens (tertiary/aromatic N) is 3. The van der Waals surface area contributed by atoms with Crippen LogP contribution in [0.3, 0.4) is 0 Å². The second-order valence-electron chi connectivity index (χ2n) is 6.41. The van der Waals surface area contributed by atoms with Crippen LogP contribution in [0.2, 0.25) is 5.02 Å². The number of benzene rings is 1. The standard InChI is InChI=1S/C19H24ClN5O3/c1-21-17-14(20)11-22-19(24-17)23-15-5-4-12(10-16(15)28-3)18(26)25-8-6-13(27-2)7-9-25/h4-5,10-11,13H,6-9H2,1-3H3,(H2,21,22,23,24). The van der Waals surface area contributed by atoms with Gasteiger partial charge in [-0.25, -0.2) is 4.98 Å². The summed E-state index contributed by atoms with van der Waals surface area (Å²) in [5.74, 6) is 1.40. The van der Waals surface area contributed by atoms with Crippen molar-refractivity contribution in [3.8, 4) is 5.75 Å². The molecule has 0 aliphatic carbocycles. The van der Waals surface area contributed by atoms with E-state index in [0.717, 1.165) is 12.8 Å². The van der Waals surface area contributed by atoms with Gasteiger partial charge in [0.05, 0.1) is 25.1 Å². The lowest BCUT2D eigenvalue weighted by molar-refractivity contribution is 0.0350. The van der Waals surface area contributed by atoms with Crippen LogP contribution in [0.4, 0.5) is 17.5 Å². The normalized spacial score (nSPS) is 14.6. The quantitative estimate of drug-likeness (QED) is 0.762. The van der Waals surface area contributed by atoms with Crippen LogP contribution in [-0.2, 0) is 4.74 Å². The third-order valence-electron chi connectivity index (χ3n) is 4.74. The van der Waals surface area contributed by atoms with Gasteiger partial charge in [-0.3, -0.25) is 4.79 Å². The number of carbonyl (C=O) groups is 1. The molecule has 3 rings (SSSR count). The van der Waals surface area contributed by atoms with Gasteiger partial charge in [0.1, 0.15) is 16.6 Å². The smallest absolute Gasteiger partial charge is 0.253 e. The Labute approximate surface area is 169 Å². The van der Waals surface area contributed by atoms with Crippen molar-refractivity contribution >= 4 is 35.0 Å². The molecule has 0 atom stereocenters. The van der Waals surface area contributed by atoms with Crippen LogP contribution in [0.15, 0.2) is 24.4 Å². The molecular formula is C19H24ClN5O3. The third-order valence-corrected chi connectivity index (χ3v) is 5.01. The summed E-state index contributed by atoms with van der Waals surface area (Å²) in [4.78, 5) is 23.1. The Bertz CT molecular complexity index is 840. The van der Waals surface area contributed by atoms with E-state index in [1.807, 2.05) is 4.90 Å². The van der Waals surface area contributed by atoms with Crippen molar-refractivity contribution in [1.82, 2.24) is 14.9 Å². The molecule has 0 unspecified atom stereocenters. The average molecular weight is 406 g/mol. The second-order valence-corrected chi connectivity index (χ2v) is 6.81. The van der Waals surface area contributed by atoms with Gasteiger partial charge in [0.25, 0.3) is 5.91 Å². The Balaban J connectivity index is 1.76. The monoisotopic (exact) mass is 405 g/mol. The van der Waals surface area contributed by atoms with Crippen molar-refractivity contribution < 1.29 is 14.3 Å². The maximum atomic E-state index is 12.8. The van der Waals surface area contributed by atoms with Gasteiger partial charge in [-0.15, -0.1) is 0 Å². The first-order valence-corrected chi connectivity index (χ1v) is 9.41. The minimum atomic E-state index is -0.0142. The number of carbonyl (C=O) groups excluding carboxylic acids is 1. The molecule has 2 N–H and O–H groups in total. The van der Waals surface area contributed by atoms with Crippen LogP contribution in [-0.4, -0.2) is 61.2 Å². The molecular weight excluding hydrogens is 382 g/mol. The largest absolute Gasteiger partial charge is 0.495 e. The van der Waals surface area contributed by atoms with Crippen molar-refractivity contribution in [3.05, 3.63) is 35.0 Å². The number of ether oxygens (including phenoxy) is 2. The van der Waals surface area contributed by atoms with Gasteiger partial charge in [0.2, 0.25) is 5.95 Å². The molecule has 2 aromatic rings. The van der Waals surface area contributed by atoms with E-state index >= 15 is 0 Å². The van der Waals surface area contributed by atoms with Gasteiger partial charge >= 0.3 is 0 Å². The van der Waals surface area contributed by atoms with Crippen LogP contribution in [0.5, 0.6) is 5.75 Å². The van der Waals surface area contributed by atoms with Gasteiger partial charge in [-0.1, -0.05) is 11.6 Å². The molecule has 0 radical (unpaired) electrons. The van der Waals surface area contributed by atoms with Gasteiger partial charge < -0.3 is 25.0 Å². The van der Waals surface area contributed by atoms with Gasteiger partial charge in [0, 0.05) is 32.8 Å². The zero-order valence-electron chi connectivity index (χ0n) is 16.2. The number of amides is 1. The minimum absolute atomic E-state index is 0.0142. The Hall–Kier alpha value is -2.58. The maximum absolute atomic E-state index is 12.8. The molecule has 1 aliphatic heterocycles. The Kier molecular flexibility index (Phi) is 6.53. The fourth-order valence-electron chi connectivity index (χ4n) is 3.13. The minimum Gasteiger partial charge on any atom is -0.495 e. The summed E-state index contributed by atoms with van der Waals surface area (Å²) in [7, 11) is 5.00. The van der Waals surface area contributed by atoms with E-state index < -0.39 is 0 Å². The molecule has 1 amide bonds. The zero-order valence-corrected chi connectivity index (χ0v) is 16.9. The lowest BCUT2D eigenvalue weighted by Gasteiger charge is -2.31. The lowest BCUT2D eigenvalue weighted by Crippen LogP contribution is -2.40. The third kappa shape index (κ3) is 4.45. The first-order chi connectivity index (χ1) is 13.5. The van der Waals surface area contributed by atoms with Crippen molar-refractivity contribution in [1.29, 1.82) is 0 Å². The van der Waals surface area contributed by atoms with Gasteiger partial charge in [0.15, 0.2) is 0 Å². The van der Waals surface area contributed by atoms with Crippen molar-refractivity contribution in [2.75, 3.05) is 45.0 Å². The molecule has 2 heterocycles. The summed E-state index contributed by atoms with van der Waals surface area (Å²) < 4.78 is 10.8. The number of hydrogen-bond donors (Lipinski definition) is 2. The molecule has 0 saturated carbocycles. The summed E-state index contributed by atoms with van der Waals surface area (Å²) in [6.45, 7) is 1.37. The van der Waals surface area contributed by atoms with E-state index in [0.29, 0.717) is 46.9 Å². The van der Waals surface area contributed by atoms with Crippen molar-refractivity contribution in [2.45, 2.75) is 18.9 Å². The highest BCUT2D eigenvalue weighted by molar-refractivity contribution is 6.32. The molecule has 28 heavy (non-hydrogen) atoms. The summed E-state index contributed by atoms with van der Waals surface area (Å²) in [6.07, 6.45) is 3.44. The molecule has 0 spiro atoms. The number of halogens is 1. The second kappa shape index (κ2) is 9.07. The van der Waals surface area contributed by atoms with Crippen LogP contribution >= 0.6 is 11.6 Å². The fraction of sp³-hybridized carbons (Fsp3) is 0.421. The summed E-state index contributed by atoms with van der Waals surface area (Å²) in [5.41, 5.74) is 1.23. The number of methoxy groups -OCH3 is 2. The number of piperidine rings is 1. The van der Waals surface area contributed by atoms with Gasteiger partial charge in [-0.2, -0.15) is 4.98 Å². The average Bonchev–Trinajstić information content (AvgIpc) is 2.74. The Morgan fingerprint density at radius 3 is 2.68 bits per heavy atom. The van der Waals surface area contributed by atoms with Crippen molar-refractivity contribution in [2.24, 2.45) is 0 Å². The summed E-state index contributed by atoms with van der Waals surface area (Å²) in [5, 5.41) is 6.43. The number of aromatic nitrogens is 2. The number of rotatable bonds is 6. The Morgan fingerprint density at radius 2 is 2.04 bits per heavy atom. The molecule has 0 bridgehead atoms. The van der Waals surface area contributed by atoms with Gasteiger partial charge in [-0.05, 0) is 31.0 Å². The SMILES string of the molecule is CNc1nc(Nc2ccc(C(=O)N3CCC(OC)CC3)cc2OC)ncc1Cl. The highest BCUT2D eigenvalue weighted by Gasteiger charge is 2.24. The molecule has 1 aromatic carbocycles. The predicted octanol–water partition coefficient (Wildman–Crippen LogP) is 3.17. The van der Waals surface area contributed by atoms with E-state index in [1.54, 1.807) is 39.5 Å². The Morgan fingerprint density at radius 1 is 1.29 bits per heavy atom. The molecule has 1 aliphatic rings. The molecule has 8 nitrogen and oxygen atoms in total. The topological polar surface area (TPSA) is 88.6 Å². The van der Waals surface area contributed by atoms with Crippen LogP contribution in [0.25, 0.3) is 0 Å². The van der Waals surface area contributed by atoms with Crippen LogP contribution in [0.1, 0.15) is 23.2 Å². The molecule has 150 valence electrons. The number of anilines is 3. The predicted molar refractivity (Wildman–Crippen MR) is 109 cm³/mol. The maximum Gasteiger partial charge on any atom is 0.253 e. The molecule has 1 fully saturated rings.